The molecule has 2 unspecified atom stereocenters. The van der Waals surface area contributed by atoms with Gasteiger partial charge in [-0.3, -0.25) is 0 Å². The molecule has 1 nitrogen and oxygen atoms in total. The number of halogens is 1. The Morgan fingerprint density at radius 3 is 3.00 bits per heavy atom. The summed E-state index contributed by atoms with van der Waals surface area (Å²) in [4.78, 5) is 0. The number of rotatable bonds is 2. The first kappa shape index (κ1) is 9.50. The minimum Gasteiger partial charge on any atom is -0.384 e. The molecule has 0 saturated heterocycles. The van der Waals surface area contributed by atoms with E-state index in [0.29, 0.717) is 0 Å². The molecule has 0 saturated carbocycles. The van der Waals surface area contributed by atoms with Crippen LogP contribution in [0.5, 0.6) is 0 Å². The Balaban J connectivity index is 2.41. The number of benzene rings is 1. The Kier molecular flexibility index (Phi) is 2.44. The second kappa shape index (κ2) is 3.60. The molecule has 1 aliphatic rings. The van der Waals surface area contributed by atoms with Gasteiger partial charge in [0, 0.05) is 18.2 Å². The summed E-state index contributed by atoms with van der Waals surface area (Å²) >= 11 is 0. The number of para-hydroxylation sites is 1. The van der Waals surface area contributed by atoms with Crippen molar-refractivity contribution >= 4 is 5.69 Å². The van der Waals surface area contributed by atoms with Gasteiger partial charge in [-0.05, 0) is 24.5 Å². The average Bonchev–Trinajstić information content (AvgIpc) is 2.60. The van der Waals surface area contributed by atoms with Crippen LogP contribution in [0.15, 0.2) is 18.2 Å². The van der Waals surface area contributed by atoms with Crippen LogP contribution < -0.4 is 5.32 Å². The first-order valence-corrected chi connectivity index (χ1v) is 5.23. The van der Waals surface area contributed by atoms with Gasteiger partial charge < -0.3 is 5.32 Å². The van der Waals surface area contributed by atoms with Gasteiger partial charge in [-0.2, -0.15) is 0 Å². The molecule has 1 N–H and O–H groups in total. The zero-order valence-corrected chi connectivity index (χ0v) is 8.68. The molecule has 76 valence electrons. The molecule has 0 spiro atoms. The summed E-state index contributed by atoms with van der Waals surface area (Å²) in [6.07, 6.45) is 0.236. The fraction of sp³-hybridized carbons (Fsp3) is 0.500. The second-order valence-corrected chi connectivity index (χ2v) is 3.90. The lowest BCUT2D eigenvalue weighted by Gasteiger charge is -2.11. The summed E-state index contributed by atoms with van der Waals surface area (Å²) in [6, 6.07) is 6.17. The second-order valence-electron chi connectivity index (χ2n) is 3.90. The molecule has 1 aromatic rings. The summed E-state index contributed by atoms with van der Waals surface area (Å²) < 4.78 is 13.3. The van der Waals surface area contributed by atoms with E-state index in [2.05, 4.69) is 18.3 Å². The van der Waals surface area contributed by atoms with E-state index in [-0.39, 0.29) is 5.92 Å². The molecule has 0 amide bonds. The van der Waals surface area contributed by atoms with E-state index in [1.54, 1.807) is 6.92 Å². The molecular weight excluding hydrogens is 177 g/mol. The van der Waals surface area contributed by atoms with Gasteiger partial charge in [0.25, 0.3) is 0 Å². The van der Waals surface area contributed by atoms with Crippen LogP contribution in [0.1, 0.15) is 30.9 Å². The van der Waals surface area contributed by atoms with Crippen LogP contribution >= 0.6 is 0 Å². The minimum absolute atomic E-state index is 0.0384. The van der Waals surface area contributed by atoms with Gasteiger partial charge in [0.05, 0.1) is 0 Å². The van der Waals surface area contributed by atoms with Crippen LogP contribution in [-0.4, -0.2) is 12.7 Å². The van der Waals surface area contributed by atoms with Gasteiger partial charge in [-0.15, -0.1) is 0 Å². The van der Waals surface area contributed by atoms with Crippen molar-refractivity contribution in [3.63, 3.8) is 0 Å². The number of fused-ring (bicyclic) bond motifs is 1. The smallest absolute Gasteiger partial charge is 0.106 e. The van der Waals surface area contributed by atoms with Crippen LogP contribution in [-0.2, 0) is 6.42 Å². The quantitative estimate of drug-likeness (QED) is 0.761. The van der Waals surface area contributed by atoms with E-state index in [1.165, 1.54) is 11.3 Å². The molecule has 0 aromatic heterocycles. The van der Waals surface area contributed by atoms with Crippen LogP contribution in [0.25, 0.3) is 0 Å². The largest absolute Gasteiger partial charge is 0.384 e. The topological polar surface area (TPSA) is 12.0 Å². The highest BCUT2D eigenvalue weighted by molar-refractivity contribution is 5.63. The highest BCUT2D eigenvalue weighted by Crippen LogP contribution is 2.37. The number of anilines is 1. The van der Waals surface area contributed by atoms with Gasteiger partial charge in [0.1, 0.15) is 6.17 Å². The maximum atomic E-state index is 13.3. The predicted molar refractivity (Wildman–Crippen MR) is 57.6 cm³/mol. The van der Waals surface area contributed by atoms with Crippen molar-refractivity contribution < 1.29 is 4.39 Å². The van der Waals surface area contributed by atoms with Crippen molar-refractivity contribution in [2.75, 3.05) is 11.9 Å². The Morgan fingerprint density at radius 1 is 1.57 bits per heavy atom. The Bertz CT molecular complexity index is 333. The van der Waals surface area contributed by atoms with Gasteiger partial charge >= 0.3 is 0 Å². The van der Waals surface area contributed by atoms with Crippen molar-refractivity contribution in [1.29, 1.82) is 0 Å². The number of alkyl halides is 1. The normalized spacial score (nSPS) is 21.5. The molecule has 0 bridgehead atoms. The first-order chi connectivity index (χ1) is 6.74. The monoisotopic (exact) mass is 193 g/mol. The molecule has 2 atom stereocenters. The van der Waals surface area contributed by atoms with Crippen molar-refractivity contribution in [3.05, 3.63) is 29.3 Å². The van der Waals surface area contributed by atoms with E-state index in [9.17, 15) is 4.39 Å². The zero-order chi connectivity index (χ0) is 10.1. The van der Waals surface area contributed by atoms with Gasteiger partial charge in [0.15, 0.2) is 0 Å². The highest BCUT2D eigenvalue weighted by atomic mass is 19.1. The average molecular weight is 193 g/mol. The molecule has 1 aliphatic heterocycles. The third kappa shape index (κ3) is 1.39. The predicted octanol–water partition coefficient (Wildman–Crippen LogP) is 3.12. The number of hydrogen-bond acceptors (Lipinski definition) is 1. The zero-order valence-electron chi connectivity index (χ0n) is 8.68. The Morgan fingerprint density at radius 2 is 2.36 bits per heavy atom. The van der Waals surface area contributed by atoms with E-state index >= 15 is 0 Å². The fourth-order valence-corrected chi connectivity index (χ4v) is 2.17. The van der Waals surface area contributed by atoms with Gasteiger partial charge in [0.2, 0.25) is 0 Å². The maximum Gasteiger partial charge on any atom is 0.106 e. The van der Waals surface area contributed by atoms with Crippen LogP contribution in [0.3, 0.4) is 0 Å². The van der Waals surface area contributed by atoms with E-state index < -0.39 is 6.17 Å². The minimum atomic E-state index is -0.768. The number of nitrogens with one attached hydrogen (secondary N) is 1. The van der Waals surface area contributed by atoms with Crippen LogP contribution in [0.4, 0.5) is 10.1 Å². The molecular formula is C12H16FN. The first-order valence-electron chi connectivity index (χ1n) is 5.23. The summed E-state index contributed by atoms with van der Waals surface area (Å²) in [7, 11) is 0. The standard InChI is InChI=1S/C12H16FN/c1-3-9-5-4-6-10-11(8(2)13)7-14-12(9)10/h4-6,8,11,14H,3,7H2,1-2H3. The van der Waals surface area contributed by atoms with Crippen molar-refractivity contribution in [2.45, 2.75) is 32.4 Å². The summed E-state index contributed by atoms with van der Waals surface area (Å²) in [6.45, 7) is 4.51. The molecule has 2 rings (SSSR count). The number of aryl methyl sites for hydroxylation is 1. The van der Waals surface area contributed by atoms with Crippen molar-refractivity contribution in [2.24, 2.45) is 0 Å². The summed E-state index contributed by atoms with van der Waals surface area (Å²) in [5, 5.41) is 3.31. The van der Waals surface area contributed by atoms with Gasteiger partial charge in [-0.1, -0.05) is 25.1 Å². The molecule has 14 heavy (non-hydrogen) atoms. The molecule has 1 heterocycles. The lowest BCUT2D eigenvalue weighted by molar-refractivity contribution is 0.317. The van der Waals surface area contributed by atoms with Gasteiger partial charge in [-0.25, -0.2) is 4.39 Å². The highest BCUT2D eigenvalue weighted by Gasteiger charge is 2.27. The summed E-state index contributed by atoms with van der Waals surface area (Å²) in [5.74, 6) is 0.0384. The SMILES string of the molecule is CCc1cccc2c1NCC2C(C)F. The van der Waals surface area contributed by atoms with Crippen LogP contribution in [0.2, 0.25) is 0 Å². The molecule has 1 aromatic carbocycles. The Labute approximate surface area is 84.3 Å². The third-order valence-electron chi connectivity index (χ3n) is 3.02. The Hall–Kier alpha value is -1.05. The third-order valence-corrected chi connectivity index (χ3v) is 3.02. The molecule has 0 aliphatic carbocycles. The maximum absolute atomic E-state index is 13.3. The molecule has 0 fully saturated rings. The van der Waals surface area contributed by atoms with E-state index in [1.807, 2.05) is 12.1 Å². The molecule has 0 radical (unpaired) electrons. The van der Waals surface area contributed by atoms with Crippen molar-refractivity contribution in [1.82, 2.24) is 0 Å². The molecule has 2 heteroatoms. The fourth-order valence-electron chi connectivity index (χ4n) is 2.17. The lowest BCUT2D eigenvalue weighted by Crippen LogP contribution is -2.11. The summed E-state index contributed by atoms with van der Waals surface area (Å²) in [5.41, 5.74) is 3.62. The van der Waals surface area contributed by atoms with Crippen molar-refractivity contribution in [3.8, 4) is 0 Å². The van der Waals surface area contributed by atoms with E-state index in [0.717, 1.165) is 18.5 Å². The lowest BCUT2D eigenvalue weighted by atomic mass is 9.95. The van der Waals surface area contributed by atoms with Crippen LogP contribution in [0, 0.1) is 0 Å². The van der Waals surface area contributed by atoms with E-state index in [4.69, 9.17) is 0 Å². The number of hydrogen-bond donors (Lipinski definition) is 1.